The lowest BCUT2D eigenvalue weighted by molar-refractivity contribution is 0.0901. The van der Waals surface area contributed by atoms with E-state index < -0.39 is 28.1 Å². The SMILES string of the molecule is CS(=O)(=O)OC[C@H]1CC[C@H](NC(=O)c2cc(Cl)cnc2C(F)F)CC1. The number of rotatable bonds is 6. The van der Waals surface area contributed by atoms with Gasteiger partial charge in [0.2, 0.25) is 0 Å². The fraction of sp³-hybridized carbons (Fsp3) is 0.600. The van der Waals surface area contributed by atoms with Gasteiger partial charge >= 0.3 is 0 Å². The van der Waals surface area contributed by atoms with Gasteiger partial charge in [0.05, 0.1) is 23.4 Å². The van der Waals surface area contributed by atoms with Crippen LogP contribution in [-0.4, -0.2) is 38.2 Å². The number of nitrogens with zero attached hydrogens (tertiary/aromatic N) is 1. The first kappa shape index (κ1) is 20.0. The molecule has 0 saturated heterocycles. The van der Waals surface area contributed by atoms with Crippen molar-refractivity contribution >= 4 is 27.6 Å². The minimum Gasteiger partial charge on any atom is -0.349 e. The van der Waals surface area contributed by atoms with E-state index in [4.69, 9.17) is 15.8 Å². The smallest absolute Gasteiger partial charge is 0.281 e. The molecule has 1 aromatic rings. The van der Waals surface area contributed by atoms with Crippen LogP contribution in [0.15, 0.2) is 12.3 Å². The van der Waals surface area contributed by atoms with Gasteiger partial charge in [-0.1, -0.05) is 11.6 Å². The average molecular weight is 397 g/mol. The van der Waals surface area contributed by atoms with E-state index in [0.29, 0.717) is 25.7 Å². The average Bonchev–Trinajstić information content (AvgIpc) is 2.53. The van der Waals surface area contributed by atoms with Crippen LogP contribution in [-0.2, 0) is 14.3 Å². The normalized spacial score (nSPS) is 21.3. The van der Waals surface area contributed by atoms with Crippen LogP contribution in [0.2, 0.25) is 5.02 Å². The number of carbonyl (C=O) groups is 1. The molecule has 1 aliphatic rings. The number of pyridine rings is 1. The summed E-state index contributed by atoms with van der Waals surface area (Å²) in [6, 6.07) is 1.00. The van der Waals surface area contributed by atoms with Gasteiger partial charge in [-0.2, -0.15) is 8.42 Å². The number of amides is 1. The monoisotopic (exact) mass is 396 g/mol. The van der Waals surface area contributed by atoms with E-state index >= 15 is 0 Å². The number of aromatic nitrogens is 1. The summed E-state index contributed by atoms with van der Waals surface area (Å²) in [5.41, 5.74) is -0.831. The fourth-order valence-corrected chi connectivity index (χ4v) is 3.36. The van der Waals surface area contributed by atoms with E-state index in [1.807, 2.05) is 0 Å². The van der Waals surface area contributed by atoms with Gasteiger partial charge in [-0.25, -0.2) is 8.78 Å². The molecular weight excluding hydrogens is 378 g/mol. The van der Waals surface area contributed by atoms with Gasteiger partial charge in [0.15, 0.2) is 0 Å². The fourth-order valence-electron chi connectivity index (χ4n) is 2.76. The summed E-state index contributed by atoms with van der Waals surface area (Å²) in [5.74, 6) is -0.548. The number of alkyl halides is 2. The molecule has 0 aliphatic heterocycles. The number of hydrogen-bond acceptors (Lipinski definition) is 5. The molecule has 0 atom stereocenters. The topological polar surface area (TPSA) is 85.4 Å². The highest BCUT2D eigenvalue weighted by molar-refractivity contribution is 7.85. The summed E-state index contributed by atoms with van der Waals surface area (Å²) in [6.07, 6.45) is 1.78. The highest BCUT2D eigenvalue weighted by Gasteiger charge is 2.26. The van der Waals surface area contributed by atoms with Crippen molar-refractivity contribution < 1.29 is 26.2 Å². The van der Waals surface area contributed by atoms with Gasteiger partial charge < -0.3 is 5.32 Å². The van der Waals surface area contributed by atoms with Crippen molar-refractivity contribution in [2.75, 3.05) is 12.9 Å². The minimum atomic E-state index is -3.47. The molecule has 1 aromatic heterocycles. The minimum absolute atomic E-state index is 0.0901. The number of nitrogens with one attached hydrogen (secondary N) is 1. The Kier molecular flexibility index (Phi) is 6.70. The van der Waals surface area contributed by atoms with Gasteiger partial charge in [-0.15, -0.1) is 0 Å². The van der Waals surface area contributed by atoms with Gasteiger partial charge in [0.1, 0.15) is 5.69 Å². The summed E-state index contributed by atoms with van der Waals surface area (Å²) >= 11 is 5.75. The molecule has 1 amide bonds. The predicted octanol–water partition coefficient (Wildman–Crippen LogP) is 2.94. The van der Waals surface area contributed by atoms with Gasteiger partial charge in [-0.3, -0.25) is 14.0 Å². The highest BCUT2D eigenvalue weighted by atomic mass is 35.5. The maximum absolute atomic E-state index is 13.0. The molecule has 1 heterocycles. The van der Waals surface area contributed by atoms with Crippen molar-refractivity contribution in [3.63, 3.8) is 0 Å². The highest BCUT2D eigenvalue weighted by Crippen LogP contribution is 2.27. The molecule has 0 aromatic carbocycles. The van der Waals surface area contributed by atoms with Crippen LogP contribution in [0, 0.1) is 5.92 Å². The van der Waals surface area contributed by atoms with E-state index in [-0.39, 0.29) is 29.2 Å². The van der Waals surface area contributed by atoms with Gasteiger partial charge in [0, 0.05) is 12.2 Å². The number of halogens is 3. The van der Waals surface area contributed by atoms with E-state index in [1.54, 1.807) is 0 Å². The lowest BCUT2D eigenvalue weighted by Gasteiger charge is -2.28. The van der Waals surface area contributed by atoms with Crippen LogP contribution < -0.4 is 5.32 Å². The van der Waals surface area contributed by atoms with Crippen LogP contribution in [0.5, 0.6) is 0 Å². The van der Waals surface area contributed by atoms with Crippen molar-refractivity contribution in [2.45, 2.75) is 38.2 Å². The Bertz CT molecular complexity index is 722. The molecular formula is C15H19ClF2N2O4S. The molecule has 0 unspecified atom stereocenters. The Hall–Kier alpha value is -1.32. The van der Waals surface area contributed by atoms with Crippen molar-refractivity contribution in [3.8, 4) is 0 Å². The van der Waals surface area contributed by atoms with E-state index in [2.05, 4.69) is 10.3 Å². The maximum Gasteiger partial charge on any atom is 0.281 e. The summed E-state index contributed by atoms with van der Waals surface area (Å²) < 4.78 is 52.7. The van der Waals surface area contributed by atoms with Crippen molar-refractivity contribution in [2.24, 2.45) is 5.92 Å². The Balaban J connectivity index is 1.92. The maximum atomic E-state index is 13.0. The molecule has 2 rings (SSSR count). The predicted molar refractivity (Wildman–Crippen MR) is 88.2 cm³/mol. The summed E-state index contributed by atoms with van der Waals surface area (Å²) in [4.78, 5) is 15.8. The van der Waals surface area contributed by atoms with Crippen LogP contribution in [0.1, 0.15) is 48.2 Å². The molecule has 1 N–H and O–H groups in total. The molecule has 1 fully saturated rings. The zero-order valence-electron chi connectivity index (χ0n) is 13.5. The lowest BCUT2D eigenvalue weighted by Crippen LogP contribution is -2.38. The van der Waals surface area contributed by atoms with E-state index in [1.165, 1.54) is 6.07 Å². The number of carbonyl (C=O) groups excluding carboxylic acids is 1. The summed E-state index contributed by atoms with van der Waals surface area (Å²) in [6.45, 7) is 0.118. The first-order valence-corrected chi connectivity index (χ1v) is 9.94. The molecule has 0 radical (unpaired) electrons. The Morgan fingerprint density at radius 2 is 2.04 bits per heavy atom. The largest absolute Gasteiger partial charge is 0.349 e. The summed E-state index contributed by atoms with van der Waals surface area (Å²) in [7, 11) is -3.47. The van der Waals surface area contributed by atoms with Crippen molar-refractivity contribution in [3.05, 3.63) is 28.5 Å². The second-order valence-corrected chi connectivity index (χ2v) is 8.15. The Morgan fingerprint density at radius 1 is 1.40 bits per heavy atom. The second-order valence-electron chi connectivity index (χ2n) is 6.07. The van der Waals surface area contributed by atoms with Gasteiger partial charge in [0.25, 0.3) is 22.5 Å². The molecule has 6 nitrogen and oxygen atoms in total. The quantitative estimate of drug-likeness (QED) is 0.747. The van der Waals surface area contributed by atoms with E-state index in [9.17, 15) is 22.0 Å². The van der Waals surface area contributed by atoms with Gasteiger partial charge in [-0.05, 0) is 37.7 Å². The molecule has 0 spiro atoms. The molecule has 1 saturated carbocycles. The summed E-state index contributed by atoms with van der Waals surface area (Å²) in [5, 5.41) is 2.83. The third-order valence-corrected chi connectivity index (χ3v) is 4.81. The third-order valence-electron chi connectivity index (χ3n) is 4.04. The second kappa shape index (κ2) is 8.37. The van der Waals surface area contributed by atoms with Crippen LogP contribution in [0.25, 0.3) is 0 Å². The number of hydrogen-bond donors (Lipinski definition) is 1. The zero-order chi connectivity index (χ0) is 18.6. The Morgan fingerprint density at radius 3 is 2.60 bits per heavy atom. The molecule has 25 heavy (non-hydrogen) atoms. The first-order valence-electron chi connectivity index (χ1n) is 7.74. The Labute approximate surface area is 150 Å². The standard InChI is InChI=1S/C15H19ClF2N2O4S/c1-25(22,23)24-8-9-2-4-11(5-3-9)20-15(21)12-6-10(16)7-19-13(12)14(17)18/h6-7,9,11,14H,2-5,8H2,1H3,(H,20,21)/t9-,11-. The van der Waals surface area contributed by atoms with E-state index in [0.717, 1.165) is 12.5 Å². The lowest BCUT2D eigenvalue weighted by atomic mass is 9.86. The zero-order valence-corrected chi connectivity index (χ0v) is 15.1. The van der Waals surface area contributed by atoms with Crippen LogP contribution in [0.3, 0.4) is 0 Å². The molecule has 0 bridgehead atoms. The van der Waals surface area contributed by atoms with Crippen molar-refractivity contribution in [1.29, 1.82) is 0 Å². The molecule has 1 aliphatic carbocycles. The molecule has 140 valence electrons. The van der Waals surface area contributed by atoms with Crippen LogP contribution in [0.4, 0.5) is 8.78 Å². The molecule has 10 heteroatoms. The first-order chi connectivity index (χ1) is 11.7. The van der Waals surface area contributed by atoms with Crippen molar-refractivity contribution in [1.82, 2.24) is 10.3 Å². The van der Waals surface area contributed by atoms with Crippen LogP contribution >= 0.6 is 11.6 Å². The third kappa shape index (κ3) is 6.16.